The summed E-state index contributed by atoms with van der Waals surface area (Å²) in [5, 5.41) is 11.3. The zero-order chi connectivity index (χ0) is 44.2. The smallest absolute Gasteiger partial charge is 0.294 e. The molecule has 4 aromatic carbocycles. The average molecular weight is 871 g/mol. The van der Waals surface area contributed by atoms with E-state index in [9.17, 15) is 35.8 Å². The monoisotopic (exact) mass is 870 g/mol. The number of carbonyl (C=O) groups is 1. The molecule has 2 aliphatic rings. The fourth-order valence-electron chi connectivity index (χ4n) is 8.96. The Morgan fingerprint density at radius 2 is 1.62 bits per heavy atom. The van der Waals surface area contributed by atoms with E-state index in [4.69, 9.17) is 4.74 Å². The number of phenols is 1. The summed E-state index contributed by atoms with van der Waals surface area (Å²) in [6.07, 6.45) is 11.4. The van der Waals surface area contributed by atoms with Gasteiger partial charge in [-0.15, -0.1) is 0 Å². The SMILES string of the molecule is CC(C)C(=O)CCCCC[N+]1=C(/C=C/C=C2/N(CCCOc3ccc(O)cc3)c3ccccc3C2(C)CCCCS(=O)(=O)[O-])C(C)(C)c2c1ccc1ccc(S(=O)(=O)O)cc21. The summed E-state index contributed by atoms with van der Waals surface area (Å²) in [7, 11) is -8.80. The molecule has 0 spiro atoms. The van der Waals surface area contributed by atoms with Crippen LogP contribution in [0, 0.1) is 5.92 Å². The molecular formula is C48H58N2O9S2. The number of ether oxygens (including phenoxy) is 1. The van der Waals surface area contributed by atoms with Crippen LogP contribution < -0.4 is 9.64 Å². The Kier molecular flexibility index (Phi) is 14.0. The van der Waals surface area contributed by atoms with Gasteiger partial charge in [-0.05, 0) is 124 Å². The van der Waals surface area contributed by atoms with E-state index >= 15 is 0 Å². The number of Topliss-reactive ketones (excluding diaryl/α,β-unsaturated/α-hetero) is 1. The van der Waals surface area contributed by atoms with Crippen molar-refractivity contribution in [3.63, 3.8) is 0 Å². The fraction of sp³-hybridized carbons (Fsp3) is 0.417. The number of unbranched alkanes of at least 4 members (excludes halogenated alkanes) is 3. The molecule has 326 valence electrons. The van der Waals surface area contributed by atoms with E-state index in [2.05, 4.69) is 66.7 Å². The highest BCUT2D eigenvalue weighted by Gasteiger charge is 2.46. The molecule has 0 amide bonds. The predicted octanol–water partition coefficient (Wildman–Crippen LogP) is 9.36. The maximum absolute atomic E-state index is 12.4. The van der Waals surface area contributed by atoms with Gasteiger partial charge in [0.2, 0.25) is 5.69 Å². The Bertz CT molecular complexity index is 2580. The summed E-state index contributed by atoms with van der Waals surface area (Å²) in [5.74, 6) is 0.665. The van der Waals surface area contributed by atoms with Crippen LogP contribution in [0.15, 0.2) is 108 Å². The maximum Gasteiger partial charge on any atom is 0.294 e. The highest BCUT2D eigenvalue weighted by Crippen LogP contribution is 2.51. The number of ketones is 1. The molecule has 1 unspecified atom stereocenters. The average Bonchev–Trinajstić information content (AvgIpc) is 3.57. The molecule has 11 nitrogen and oxygen atoms in total. The molecule has 2 aliphatic heterocycles. The second-order valence-corrected chi connectivity index (χ2v) is 20.2. The van der Waals surface area contributed by atoms with E-state index in [1.54, 1.807) is 36.4 Å². The van der Waals surface area contributed by atoms with Gasteiger partial charge in [0.1, 0.15) is 23.8 Å². The summed E-state index contributed by atoms with van der Waals surface area (Å²) >= 11 is 0. The molecule has 0 radical (unpaired) electrons. The Labute approximate surface area is 361 Å². The first-order chi connectivity index (χ1) is 28.8. The predicted molar refractivity (Wildman–Crippen MR) is 240 cm³/mol. The first kappa shape index (κ1) is 45.7. The molecule has 61 heavy (non-hydrogen) atoms. The van der Waals surface area contributed by atoms with Crippen LogP contribution in [0.4, 0.5) is 11.4 Å². The van der Waals surface area contributed by atoms with Crippen molar-refractivity contribution in [2.45, 2.75) is 102 Å². The lowest BCUT2D eigenvalue weighted by atomic mass is 9.77. The number of benzene rings is 4. The van der Waals surface area contributed by atoms with Crippen molar-refractivity contribution >= 4 is 53.9 Å². The first-order valence-corrected chi connectivity index (χ1v) is 24.2. The summed E-state index contributed by atoms with van der Waals surface area (Å²) in [6, 6.07) is 23.6. The molecular weight excluding hydrogens is 813 g/mol. The second kappa shape index (κ2) is 18.7. The van der Waals surface area contributed by atoms with Crippen molar-refractivity contribution in [3.8, 4) is 11.5 Å². The molecule has 0 fully saturated rings. The first-order valence-electron chi connectivity index (χ1n) is 21.1. The normalized spacial score (nSPS) is 18.2. The molecule has 1 atom stereocenters. The number of fused-ring (bicyclic) bond motifs is 4. The van der Waals surface area contributed by atoms with Crippen molar-refractivity contribution in [2.24, 2.45) is 5.92 Å². The van der Waals surface area contributed by atoms with Crippen LogP contribution in [0.1, 0.15) is 97.1 Å². The summed E-state index contributed by atoms with van der Waals surface area (Å²) in [6.45, 7) is 12.0. The quantitative estimate of drug-likeness (QED) is 0.0497. The Morgan fingerprint density at radius 3 is 2.33 bits per heavy atom. The van der Waals surface area contributed by atoms with E-state index in [0.29, 0.717) is 51.1 Å². The number of nitrogens with zero attached hydrogens (tertiary/aromatic N) is 2. The second-order valence-electron chi connectivity index (χ2n) is 17.2. The van der Waals surface area contributed by atoms with E-state index < -0.39 is 36.8 Å². The minimum atomic E-state index is -4.45. The van der Waals surface area contributed by atoms with E-state index in [1.165, 1.54) is 6.07 Å². The maximum atomic E-state index is 12.4. The number of rotatable bonds is 20. The van der Waals surface area contributed by atoms with Crippen LogP contribution in [-0.4, -0.2) is 72.6 Å². The Hall–Kier alpha value is -4.82. The highest BCUT2D eigenvalue weighted by atomic mass is 32.2. The fourth-order valence-corrected chi connectivity index (χ4v) is 10.0. The lowest BCUT2D eigenvalue weighted by Crippen LogP contribution is -2.30. The van der Waals surface area contributed by atoms with Gasteiger partial charge >= 0.3 is 0 Å². The Balaban J connectivity index is 1.38. The minimum absolute atomic E-state index is 0.00428. The van der Waals surface area contributed by atoms with E-state index in [1.807, 2.05) is 32.0 Å². The third-order valence-electron chi connectivity index (χ3n) is 12.2. The molecule has 13 heteroatoms. The number of hydrogen-bond acceptors (Lipinski definition) is 9. The van der Waals surface area contributed by atoms with Gasteiger partial charge in [0.05, 0.1) is 27.0 Å². The number of anilines is 1. The van der Waals surface area contributed by atoms with Crippen LogP contribution in [0.2, 0.25) is 0 Å². The largest absolute Gasteiger partial charge is 0.748 e. The lowest BCUT2D eigenvalue weighted by molar-refractivity contribution is -0.438. The van der Waals surface area contributed by atoms with Crippen LogP contribution in [-0.2, 0) is 35.9 Å². The summed E-state index contributed by atoms with van der Waals surface area (Å²) in [4.78, 5) is 14.5. The molecule has 0 bridgehead atoms. The molecule has 2 N–H and O–H groups in total. The topological polar surface area (TPSA) is 164 Å². The van der Waals surface area contributed by atoms with Gasteiger partial charge < -0.3 is 19.3 Å². The minimum Gasteiger partial charge on any atom is -0.748 e. The van der Waals surface area contributed by atoms with Crippen molar-refractivity contribution in [1.29, 1.82) is 0 Å². The number of carbonyl (C=O) groups excluding carboxylic acids is 1. The zero-order valence-electron chi connectivity index (χ0n) is 35.8. The zero-order valence-corrected chi connectivity index (χ0v) is 37.4. The van der Waals surface area contributed by atoms with Crippen molar-refractivity contribution in [3.05, 3.63) is 114 Å². The molecule has 0 saturated heterocycles. The standard InChI is InChI=1S/C48H58N2O9S2/c1-34(2)43(52)17-7-6-11-29-50-42-27-21-35-20-26-38(61(56,57)58)33-39(35)46(42)47(3,4)44(50)18-13-19-45-48(5,28-10-12-32-60(53,54)55)40-15-8-9-16-41(40)49(45)30-14-31-59-37-24-22-36(51)23-25-37/h8-9,13,15-16,18-27,33-34H,6-7,10-12,14,17,28-32H2,1-5H3,(H2-,51,53,54,55,56,57,58). The van der Waals surface area contributed by atoms with Gasteiger partial charge in [0.25, 0.3) is 10.1 Å². The number of para-hydroxylation sites is 1. The summed E-state index contributed by atoms with van der Waals surface area (Å²) < 4.78 is 77.5. The van der Waals surface area contributed by atoms with Crippen molar-refractivity contribution in [2.75, 3.05) is 30.3 Å². The third kappa shape index (κ3) is 10.5. The van der Waals surface area contributed by atoms with Crippen molar-refractivity contribution < 1.29 is 45.2 Å². The lowest BCUT2D eigenvalue weighted by Gasteiger charge is -2.30. The van der Waals surface area contributed by atoms with E-state index in [-0.39, 0.29) is 28.8 Å². The molecule has 2 heterocycles. The molecule has 0 saturated carbocycles. The highest BCUT2D eigenvalue weighted by molar-refractivity contribution is 7.86. The van der Waals surface area contributed by atoms with E-state index in [0.717, 1.165) is 63.9 Å². The number of allylic oxidation sites excluding steroid dienone is 4. The van der Waals surface area contributed by atoms with Crippen LogP contribution >= 0.6 is 0 Å². The molecule has 0 aromatic heterocycles. The number of aromatic hydroxyl groups is 1. The summed E-state index contributed by atoms with van der Waals surface area (Å²) in [5.41, 5.74) is 5.00. The number of phenolic OH excluding ortho intramolecular Hbond substituents is 1. The van der Waals surface area contributed by atoms with Crippen LogP contribution in [0.25, 0.3) is 10.8 Å². The van der Waals surface area contributed by atoms with Gasteiger partial charge in [0, 0.05) is 65.6 Å². The van der Waals surface area contributed by atoms with Gasteiger partial charge in [-0.3, -0.25) is 9.35 Å². The van der Waals surface area contributed by atoms with Crippen molar-refractivity contribution in [1.82, 2.24) is 0 Å². The van der Waals surface area contributed by atoms with Crippen LogP contribution in [0.5, 0.6) is 11.5 Å². The van der Waals surface area contributed by atoms with Gasteiger partial charge in [-0.1, -0.05) is 50.6 Å². The molecule has 4 aromatic rings. The Morgan fingerprint density at radius 1 is 0.902 bits per heavy atom. The number of hydrogen-bond donors (Lipinski definition) is 2. The van der Waals surface area contributed by atoms with Gasteiger partial charge in [0.15, 0.2) is 5.71 Å². The van der Waals surface area contributed by atoms with Gasteiger partial charge in [-0.25, -0.2) is 8.42 Å². The van der Waals surface area contributed by atoms with Gasteiger partial charge in [-0.2, -0.15) is 13.0 Å². The third-order valence-corrected chi connectivity index (χ3v) is 13.8. The molecule has 6 rings (SSSR count). The van der Waals surface area contributed by atoms with Crippen LogP contribution in [0.3, 0.4) is 0 Å². The molecule has 0 aliphatic carbocycles.